The Balaban J connectivity index is 1.11. The zero-order valence-electron chi connectivity index (χ0n) is 24.3. The summed E-state index contributed by atoms with van der Waals surface area (Å²) >= 11 is 2.02. The monoisotopic (exact) mass is 582 g/mol. The fourth-order valence-electron chi connectivity index (χ4n) is 5.90. The molecule has 4 atom stereocenters. The average molecular weight is 583 g/mol. The summed E-state index contributed by atoms with van der Waals surface area (Å²) in [4.78, 5) is 24.6. The van der Waals surface area contributed by atoms with Crippen LogP contribution in [0.4, 0.5) is 0 Å². The highest BCUT2D eigenvalue weighted by atomic mass is 32.2. The highest BCUT2D eigenvalue weighted by Gasteiger charge is 2.27. The minimum atomic E-state index is -0.247. The Hall–Kier alpha value is -2.35. The quantitative estimate of drug-likeness (QED) is 0.134. The summed E-state index contributed by atoms with van der Waals surface area (Å²) in [5.41, 5.74) is 1.21. The number of hydrogen-bond donors (Lipinski definition) is 0. The van der Waals surface area contributed by atoms with E-state index < -0.39 is 0 Å². The second kappa shape index (κ2) is 18.2. The van der Waals surface area contributed by atoms with Gasteiger partial charge in [-0.2, -0.15) is 11.8 Å². The van der Waals surface area contributed by atoms with Gasteiger partial charge >= 0.3 is 11.9 Å². The lowest BCUT2D eigenvalue weighted by Gasteiger charge is -2.23. The summed E-state index contributed by atoms with van der Waals surface area (Å²) < 4.78 is 23.2. The fraction of sp³-hybridized carbons (Fsp3) is 0.588. The van der Waals surface area contributed by atoms with Crippen molar-refractivity contribution in [3.63, 3.8) is 0 Å². The third kappa shape index (κ3) is 11.1. The molecule has 0 aromatic heterocycles. The van der Waals surface area contributed by atoms with Crippen molar-refractivity contribution in [3.05, 3.63) is 71.8 Å². The molecule has 0 radical (unpaired) electrons. The summed E-state index contributed by atoms with van der Waals surface area (Å²) in [5.74, 6) is 2.64. The molecule has 0 saturated carbocycles. The minimum absolute atomic E-state index is 0.247. The second-order valence-electron chi connectivity index (χ2n) is 11.1. The van der Waals surface area contributed by atoms with Crippen molar-refractivity contribution in [3.8, 4) is 0 Å². The van der Waals surface area contributed by atoms with Gasteiger partial charge in [-0.25, -0.2) is 9.59 Å². The smallest absolute Gasteiger partial charge is 0.338 e. The number of carbonyl (C=O) groups is 2. The maximum absolute atomic E-state index is 12.3. The molecule has 2 fully saturated rings. The maximum atomic E-state index is 12.3. The first-order valence-electron chi connectivity index (χ1n) is 15.5. The van der Waals surface area contributed by atoms with Gasteiger partial charge in [-0.3, -0.25) is 0 Å². The molecular formula is C34H46O6S. The standard InChI is InChI=1S/C34H46O6S/c35-33(29-11-3-1-4-12-29)39-23-19-27(31-17-7-21-37-31)15-9-25-41-26-10-16-28(32-18-8-22-38-32)20-24-40-34(36)30-13-5-2-6-14-30/h1-6,11-14,27-28,31-32H,7-10,15-26H2. The van der Waals surface area contributed by atoms with Gasteiger partial charge in [0.15, 0.2) is 0 Å². The summed E-state index contributed by atoms with van der Waals surface area (Å²) in [6.07, 6.45) is 11.2. The molecule has 2 aliphatic heterocycles. The van der Waals surface area contributed by atoms with E-state index in [1.54, 1.807) is 24.3 Å². The first-order chi connectivity index (χ1) is 20.2. The Kier molecular flexibility index (Phi) is 14.1. The molecule has 0 amide bonds. The number of hydrogen-bond acceptors (Lipinski definition) is 7. The van der Waals surface area contributed by atoms with Crippen LogP contribution in [0.2, 0.25) is 0 Å². The third-order valence-corrected chi connectivity index (χ3v) is 9.33. The second-order valence-corrected chi connectivity index (χ2v) is 12.3. The summed E-state index contributed by atoms with van der Waals surface area (Å²) in [5, 5.41) is 0. The molecule has 2 aromatic carbocycles. The van der Waals surface area contributed by atoms with Gasteiger partial charge in [0.05, 0.1) is 36.5 Å². The molecular weight excluding hydrogens is 536 g/mol. The van der Waals surface area contributed by atoms with E-state index in [0.29, 0.717) is 48.4 Å². The third-order valence-electron chi connectivity index (χ3n) is 8.17. The Morgan fingerprint density at radius 2 is 1.12 bits per heavy atom. The SMILES string of the molecule is O=C(OCCC(CCCSCCCC(CCOC(=O)c1ccccc1)C1CCCO1)C1CCCO1)c1ccccc1. The van der Waals surface area contributed by atoms with E-state index in [4.69, 9.17) is 18.9 Å². The minimum Gasteiger partial charge on any atom is -0.462 e. The number of rotatable bonds is 18. The molecule has 4 unspecified atom stereocenters. The van der Waals surface area contributed by atoms with Gasteiger partial charge in [-0.05, 0) is 112 Å². The lowest BCUT2D eigenvalue weighted by atomic mass is 9.92. The highest BCUT2D eigenvalue weighted by Crippen LogP contribution is 2.29. The van der Waals surface area contributed by atoms with E-state index in [0.717, 1.165) is 88.9 Å². The van der Waals surface area contributed by atoms with Crippen LogP contribution < -0.4 is 0 Å². The van der Waals surface area contributed by atoms with E-state index in [-0.39, 0.29) is 11.9 Å². The normalized spacial score (nSPS) is 20.0. The molecule has 0 aliphatic carbocycles. The van der Waals surface area contributed by atoms with E-state index in [1.165, 1.54) is 0 Å². The molecule has 2 saturated heterocycles. The van der Waals surface area contributed by atoms with Gasteiger partial charge < -0.3 is 18.9 Å². The van der Waals surface area contributed by atoms with Crippen molar-refractivity contribution in [2.45, 2.75) is 76.4 Å². The first-order valence-corrected chi connectivity index (χ1v) is 16.6. The lowest BCUT2D eigenvalue weighted by Crippen LogP contribution is -2.22. The van der Waals surface area contributed by atoms with Crippen molar-refractivity contribution in [2.24, 2.45) is 11.8 Å². The van der Waals surface area contributed by atoms with Crippen LogP contribution in [0.15, 0.2) is 60.7 Å². The van der Waals surface area contributed by atoms with Crippen molar-refractivity contribution < 1.29 is 28.5 Å². The van der Waals surface area contributed by atoms with E-state index in [1.807, 2.05) is 48.2 Å². The van der Waals surface area contributed by atoms with Crippen molar-refractivity contribution in [1.82, 2.24) is 0 Å². The lowest BCUT2D eigenvalue weighted by molar-refractivity contribution is 0.0301. The molecule has 0 N–H and O–H groups in total. The number of esters is 2. The van der Waals surface area contributed by atoms with Crippen LogP contribution in [-0.2, 0) is 18.9 Å². The molecule has 7 heteroatoms. The first kappa shape index (κ1) is 31.6. The maximum Gasteiger partial charge on any atom is 0.338 e. The van der Waals surface area contributed by atoms with Crippen LogP contribution >= 0.6 is 11.8 Å². The Morgan fingerprint density at radius 3 is 1.51 bits per heavy atom. The van der Waals surface area contributed by atoms with Crippen LogP contribution in [0.25, 0.3) is 0 Å². The van der Waals surface area contributed by atoms with Crippen LogP contribution in [0.5, 0.6) is 0 Å². The average Bonchev–Trinajstić information content (AvgIpc) is 3.75. The van der Waals surface area contributed by atoms with Gasteiger partial charge in [-0.15, -0.1) is 0 Å². The van der Waals surface area contributed by atoms with Gasteiger partial charge in [0.25, 0.3) is 0 Å². The van der Waals surface area contributed by atoms with Crippen LogP contribution in [0.3, 0.4) is 0 Å². The fourth-order valence-corrected chi connectivity index (χ4v) is 6.85. The molecule has 0 bridgehead atoms. The topological polar surface area (TPSA) is 71.1 Å². The van der Waals surface area contributed by atoms with Crippen LogP contribution in [0, 0.1) is 11.8 Å². The predicted molar refractivity (Wildman–Crippen MR) is 163 cm³/mol. The molecule has 2 aliphatic rings. The van der Waals surface area contributed by atoms with Crippen LogP contribution in [0.1, 0.15) is 84.9 Å². The number of carbonyl (C=O) groups excluding carboxylic acids is 2. The highest BCUT2D eigenvalue weighted by molar-refractivity contribution is 7.99. The largest absolute Gasteiger partial charge is 0.462 e. The van der Waals surface area contributed by atoms with Crippen LogP contribution in [-0.4, -0.2) is 62.1 Å². The zero-order valence-corrected chi connectivity index (χ0v) is 25.1. The molecule has 6 nitrogen and oxygen atoms in total. The number of ether oxygens (including phenoxy) is 4. The van der Waals surface area contributed by atoms with Crippen molar-refractivity contribution in [1.29, 1.82) is 0 Å². The summed E-state index contributed by atoms with van der Waals surface area (Å²) in [6, 6.07) is 18.4. The summed E-state index contributed by atoms with van der Waals surface area (Å²) in [6.45, 7) is 2.57. The zero-order chi connectivity index (χ0) is 28.5. The van der Waals surface area contributed by atoms with E-state index in [2.05, 4.69) is 0 Å². The van der Waals surface area contributed by atoms with Gasteiger partial charge in [0.2, 0.25) is 0 Å². The van der Waals surface area contributed by atoms with E-state index in [9.17, 15) is 9.59 Å². The summed E-state index contributed by atoms with van der Waals surface area (Å²) in [7, 11) is 0. The van der Waals surface area contributed by atoms with E-state index >= 15 is 0 Å². The van der Waals surface area contributed by atoms with Gasteiger partial charge in [-0.1, -0.05) is 36.4 Å². The molecule has 2 aromatic rings. The predicted octanol–water partition coefficient (Wildman–Crippen LogP) is 7.36. The van der Waals surface area contributed by atoms with Gasteiger partial charge in [0, 0.05) is 13.2 Å². The van der Waals surface area contributed by atoms with Crippen molar-refractivity contribution in [2.75, 3.05) is 37.9 Å². The van der Waals surface area contributed by atoms with Gasteiger partial charge in [0.1, 0.15) is 0 Å². The molecule has 4 rings (SSSR count). The number of thioether (sulfide) groups is 1. The Morgan fingerprint density at radius 1 is 0.683 bits per heavy atom. The Labute approximate surface area is 249 Å². The Bertz CT molecular complexity index is 923. The molecule has 2 heterocycles. The molecule has 224 valence electrons. The number of benzene rings is 2. The molecule has 0 spiro atoms. The molecule has 41 heavy (non-hydrogen) atoms. The van der Waals surface area contributed by atoms with Crippen molar-refractivity contribution >= 4 is 23.7 Å².